The summed E-state index contributed by atoms with van der Waals surface area (Å²) in [4.78, 5) is 17.6. The van der Waals surface area contributed by atoms with E-state index in [2.05, 4.69) is 37.8 Å². The standard InChI is InChI=1S/C17H24IN3O2S.ClH/c18-16-14(8-9-21(16)10-12-4-2-1-3-5-12)20-17-19-13(11-24-17)6-7-15(22)23;/h6-7,11-12,14,16H,1-5,8-10H2,(H,19,20)(H,22,23);1H/t14-,16?;/m1./s1. The van der Waals surface area contributed by atoms with Crippen molar-refractivity contribution < 1.29 is 9.90 Å². The van der Waals surface area contributed by atoms with Gasteiger partial charge in [-0.1, -0.05) is 41.9 Å². The summed E-state index contributed by atoms with van der Waals surface area (Å²) in [5.74, 6) is -0.0682. The van der Waals surface area contributed by atoms with Crippen LogP contribution in [0.4, 0.5) is 5.13 Å². The summed E-state index contributed by atoms with van der Waals surface area (Å²) < 4.78 is 0.492. The molecule has 140 valence electrons. The number of alkyl halides is 1. The van der Waals surface area contributed by atoms with Crippen molar-refractivity contribution in [2.24, 2.45) is 5.92 Å². The first-order valence-corrected chi connectivity index (χ1v) is 10.8. The molecule has 2 aliphatic rings. The van der Waals surface area contributed by atoms with Gasteiger partial charge in [0.25, 0.3) is 0 Å². The summed E-state index contributed by atoms with van der Waals surface area (Å²) in [7, 11) is 0. The lowest BCUT2D eigenvalue weighted by Crippen LogP contribution is -2.37. The van der Waals surface area contributed by atoms with E-state index in [0.29, 0.717) is 15.8 Å². The molecule has 8 heteroatoms. The van der Waals surface area contributed by atoms with Crippen LogP contribution in [0, 0.1) is 5.92 Å². The minimum Gasteiger partial charge on any atom is -0.478 e. The average Bonchev–Trinajstić information content (AvgIpc) is 3.16. The summed E-state index contributed by atoms with van der Waals surface area (Å²) >= 11 is 4.10. The number of likely N-dealkylation sites (tertiary alicyclic amines) is 1. The first-order valence-electron chi connectivity index (χ1n) is 8.63. The van der Waals surface area contributed by atoms with Gasteiger partial charge in [-0.25, -0.2) is 9.78 Å². The monoisotopic (exact) mass is 497 g/mol. The minimum absolute atomic E-state index is 0. The summed E-state index contributed by atoms with van der Waals surface area (Å²) in [6, 6.07) is 0.414. The van der Waals surface area contributed by atoms with Crippen LogP contribution in [-0.2, 0) is 4.79 Å². The maximum absolute atomic E-state index is 10.6. The Morgan fingerprint density at radius 2 is 2.16 bits per heavy atom. The third-order valence-corrected chi connectivity index (χ3v) is 7.30. The average molecular weight is 498 g/mol. The van der Waals surface area contributed by atoms with E-state index in [-0.39, 0.29) is 12.4 Å². The second kappa shape index (κ2) is 10.1. The molecule has 25 heavy (non-hydrogen) atoms. The first-order chi connectivity index (χ1) is 11.6. The van der Waals surface area contributed by atoms with Gasteiger partial charge in [0, 0.05) is 24.5 Å². The maximum Gasteiger partial charge on any atom is 0.328 e. The highest BCUT2D eigenvalue weighted by atomic mass is 127. The topological polar surface area (TPSA) is 65.5 Å². The molecule has 1 saturated heterocycles. The first kappa shape index (κ1) is 20.9. The van der Waals surface area contributed by atoms with Gasteiger partial charge in [0.15, 0.2) is 5.13 Å². The number of aromatic nitrogens is 1. The number of carboxylic acids is 1. The lowest BCUT2D eigenvalue weighted by Gasteiger charge is -2.29. The zero-order valence-electron chi connectivity index (χ0n) is 14.1. The minimum atomic E-state index is -0.945. The molecule has 1 unspecified atom stereocenters. The molecule has 0 spiro atoms. The second-order valence-electron chi connectivity index (χ2n) is 6.66. The van der Waals surface area contributed by atoms with Crippen LogP contribution in [0.2, 0.25) is 0 Å². The molecule has 0 bridgehead atoms. The zero-order chi connectivity index (χ0) is 16.9. The van der Waals surface area contributed by atoms with Crippen LogP contribution in [0.15, 0.2) is 11.5 Å². The van der Waals surface area contributed by atoms with Crippen LogP contribution in [0.3, 0.4) is 0 Å². The molecule has 1 aromatic heterocycles. The fourth-order valence-corrected chi connectivity index (χ4v) is 5.39. The molecule has 1 aromatic rings. The van der Waals surface area contributed by atoms with Gasteiger partial charge in [0.1, 0.15) is 0 Å². The Bertz CT molecular complexity index is 592. The molecule has 2 atom stereocenters. The van der Waals surface area contributed by atoms with Gasteiger partial charge in [-0.05, 0) is 31.3 Å². The van der Waals surface area contributed by atoms with Gasteiger partial charge in [-0.3, -0.25) is 4.90 Å². The van der Waals surface area contributed by atoms with Gasteiger partial charge in [0.05, 0.1) is 15.8 Å². The molecule has 2 N–H and O–H groups in total. The van der Waals surface area contributed by atoms with Crippen molar-refractivity contribution in [1.82, 2.24) is 9.88 Å². The Morgan fingerprint density at radius 3 is 2.88 bits per heavy atom. The van der Waals surface area contributed by atoms with E-state index in [1.165, 1.54) is 56.1 Å². The summed E-state index contributed by atoms with van der Waals surface area (Å²) in [5, 5.41) is 15.0. The van der Waals surface area contributed by atoms with E-state index in [1.54, 1.807) is 0 Å². The summed E-state index contributed by atoms with van der Waals surface area (Å²) in [6.45, 7) is 2.38. The highest BCUT2D eigenvalue weighted by molar-refractivity contribution is 14.1. The van der Waals surface area contributed by atoms with Crippen LogP contribution in [-0.4, -0.2) is 44.1 Å². The number of rotatable bonds is 6. The molecule has 5 nitrogen and oxygen atoms in total. The number of thiazole rings is 1. The molecule has 0 amide bonds. The van der Waals surface area contributed by atoms with Crippen molar-refractivity contribution in [1.29, 1.82) is 0 Å². The largest absolute Gasteiger partial charge is 0.478 e. The molecule has 3 rings (SSSR count). The fraction of sp³-hybridized carbons (Fsp3) is 0.647. The summed E-state index contributed by atoms with van der Waals surface area (Å²) in [6.07, 6.45) is 10.8. The lowest BCUT2D eigenvalue weighted by atomic mass is 9.89. The van der Waals surface area contributed by atoms with Gasteiger partial charge in [-0.2, -0.15) is 0 Å². The Morgan fingerprint density at radius 1 is 1.40 bits per heavy atom. The van der Waals surface area contributed by atoms with Gasteiger partial charge >= 0.3 is 5.97 Å². The van der Waals surface area contributed by atoms with Crippen LogP contribution in [0.1, 0.15) is 44.2 Å². The number of nitrogens with zero attached hydrogens (tertiary/aromatic N) is 2. The number of carbonyl (C=O) groups is 1. The van der Waals surface area contributed by atoms with E-state index in [4.69, 9.17) is 5.11 Å². The quantitative estimate of drug-likeness (QED) is 0.262. The lowest BCUT2D eigenvalue weighted by molar-refractivity contribution is -0.131. The van der Waals surface area contributed by atoms with E-state index >= 15 is 0 Å². The molecular weight excluding hydrogens is 473 g/mol. The van der Waals surface area contributed by atoms with Crippen molar-refractivity contribution in [3.05, 3.63) is 17.2 Å². The van der Waals surface area contributed by atoms with Crippen LogP contribution in [0.25, 0.3) is 6.08 Å². The summed E-state index contributed by atoms with van der Waals surface area (Å²) in [5.41, 5.74) is 0.701. The Labute approximate surface area is 172 Å². The van der Waals surface area contributed by atoms with E-state index in [1.807, 2.05) is 5.38 Å². The predicted molar refractivity (Wildman–Crippen MR) is 114 cm³/mol. The normalized spacial score (nSPS) is 25.2. The SMILES string of the molecule is Cl.O=C(O)C=Cc1csc(N[C@@H]2CCN(CC3CCCCC3)C2I)n1. The molecule has 0 radical (unpaired) electrons. The number of halogens is 2. The molecule has 1 aliphatic heterocycles. The Balaban J connectivity index is 0.00000225. The molecule has 1 aliphatic carbocycles. The highest BCUT2D eigenvalue weighted by Gasteiger charge is 2.33. The number of hydrogen-bond acceptors (Lipinski definition) is 5. The second-order valence-corrected chi connectivity index (χ2v) is 8.79. The molecular formula is C17H25ClIN3O2S. The van der Waals surface area contributed by atoms with Gasteiger partial charge in [0.2, 0.25) is 0 Å². The van der Waals surface area contributed by atoms with Gasteiger partial charge in [-0.15, -0.1) is 23.7 Å². The number of aliphatic carboxylic acids is 1. The zero-order valence-corrected chi connectivity index (χ0v) is 17.9. The fourth-order valence-electron chi connectivity index (χ4n) is 3.60. The van der Waals surface area contributed by atoms with Crippen molar-refractivity contribution in [2.45, 2.75) is 48.6 Å². The highest BCUT2D eigenvalue weighted by Crippen LogP contribution is 2.31. The third-order valence-electron chi connectivity index (χ3n) is 4.85. The van der Waals surface area contributed by atoms with E-state index < -0.39 is 5.97 Å². The Kier molecular flexibility index (Phi) is 8.44. The number of carboxylic acid groups (broad SMARTS) is 1. The van der Waals surface area contributed by atoms with Crippen molar-refractivity contribution in [3.8, 4) is 0 Å². The number of hydrogen-bond donors (Lipinski definition) is 2. The van der Waals surface area contributed by atoms with Crippen molar-refractivity contribution in [3.63, 3.8) is 0 Å². The maximum atomic E-state index is 10.6. The van der Waals surface area contributed by atoms with Crippen LogP contribution >= 0.6 is 46.3 Å². The van der Waals surface area contributed by atoms with E-state index in [0.717, 1.165) is 30.1 Å². The van der Waals surface area contributed by atoms with Crippen LogP contribution < -0.4 is 5.32 Å². The molecule has 1 saturated carbocycles. The van der Waals surface area contributed by atoms with Crippen molar-refractivity contribution >= 4 is 63.5 Å². The third kappa shape index (κ3) is 6.08. The molecule has 2 fully saturated rings. The van der Waals surface area contributed by atoms with Crippen LogP contribution in [0.5, 0.6) is 0 Å². The number of nitrogens with one attached hydrogen (secondary N) is 1. The van der Waals surface area contributed by atoms with Gasteiger partial charge < -0.3 is 10.4 Å². The number of anilines is 1. The predicted octanol–water partition coefficient (Wildman–Crippen LogP) is 4.49. The smallest absolute Gasteiger partial charge is 0.328 e. The Hall–Kier alpha value is -0.380. The van der Waals surface area contributed by atoms with Crippen molar-refractivity contribution in [2.75, 3.05) is 18.4 Å². The molecule has 0 aromatic carbocycles. The molecule has 2 heterocycles. The van der Waals surface area contributed by atoms with E-state index in [9.17, 15) is 4.79 Å².